The molecule has 0 radical (unpaired) electrons. The Morgan fingerprint density at radius 2 is 1.84 bits per heavy atom. The fourth-order valence-corrected chi connectivity index (χ4v) is 4.81. The summed E-state index contributed by atoms with van der Waals surface area (Å²) in [6.07, 6.45) is -5.06. The SMILES string of the molecule is C=C(C)C(=Nc1ccc(C(=O)NC2CCC(F)(F)CC2)cc1OC)N=C(Oc1cccc2c1C(=O)N(C)C2)C(C)C(F)(F)F. The van der Waals surface area contributed by atoms with Gasteiger partial charge in [0.05, 0.1) is 12.7 Å². The van der Waals surface area contributed by atoms with Gasteiger partial charge in [-0.05, 0) is 62.1 Å². The fraction of sp³-hybridized carbons (Fsp3) is 0.419. The van der Waals surface area contributed by atoms with E-state index in [1.165, 1.54) is 43.2 Å². The molecule has 1 aliphatic heterocycles. The normalized spacial score (nSPS) is 18.1. The van der Waals surface area contributed by atoms with Crippen LogP contribution in [0, 0.1) is 5.92 Å². The van der Waals surface area contributed by atoms with Gasteiger partial charge in [0.15, 0.2) is 5.84 Å². The van der Waals surface area contributed by atoms with Crippen molar-refractivity contribution in [3.05, 3.63) is 65.2 Å². The molecular weight excluding hydrogens is 587 g/mol. The smallest absolute Gasteiger partial charge is 0.400 e. The number of benzene rings is 2. The highest BCUT2D eigenvalue weighted by Crippen LogP contribution is 2.35. The first-order chi connectivity index (χ1) is 20.6. The molecule has 1 fully saturated rings. The van der Waals surface area contributed by atoms with Crippen molar-refractivity contribution < 1.29 is 41.0 Å². The molecule has 0 bridgehead atoms. The van der Waals surface area contributed by atoms with Crippen molar-refractivity contribution in [1.82, 2.24) is 10.2 Å². The van der Waals surface area contributed by atoms with Crippen LogP contribution in [0.5, 0.6) is 11.5 Å². The number of amidine groups is 1. The first-order valence-electron chi connectivity index (χ1n) is 13.9. The molecule has 13 heteroatoms. The van der Waals surface area contributed by atoms with E-state index in [9.17, 15) is 31.5 Å². The molecule has 2 aromatic rings. The third-order valence-corrected chi connectivity index (χ3v) is 7.47. The number of alkyl halides is 5. The molecule has 1 unspecified atom stereocenters. The molecule has 0 saturated heterocycles. The molecule has 4 rings (SSSR count). The fourth-order valence-electron chi connectivity index (χ4n) is 4.81. The third kappa shape index (κ3) is 7.43. The minimum atomic E-state index is -4.74. The monoisotopic (exact) mass is 620 g/mol. The Morgan fingerprint density at radius 3 is 2.45 bits per heavy atom. The van der Waals surface area contributed by atoms with Crippen LogP contribution >= 0.6 is 0 Å². The van der Waals surface area contributed by atoms with Crippen molar-refractivity contribution in [2.75, 3.05) is 14.2 Å². The molecule has 44 heavy (non-hydrogen) atoms. The van der Waals surface area contributed by atoms with Gasteiger partial charge < -0.3 is 19.7 Å². The van der Waals surface area contributed by atoms with Crippen LogP contribution in [0.3, 0.4) is 0 Å². The van der Waals surface area contributed by atoms with E-state index in [4.69, 9.17) is 9.47 Å². The van der Waals surface area contributed by atoms with Gasteiger partial charge in [-0.2, -0.15) is 18.2 Å². The second-order valence-corrected chi connectivity index (χ2v) is 11.0. The van der Waals surface area contributed by atoms with Gasteiger partial charge in [0.2, 0.25) is 11.8 Å². The zero-order valence-corrected chi connectivity index (χ0v) is 24.7. The molecule has 0 spiro atoms. The maximum Gasteiger partial charge on any atom is 0.400 e. The number of rotatable bonds is 7. The van der Waals surface area contributed by atoms with E-state index in [0.717, 1.165) is 6.92 Å². The average Bonchev–Trinajstić information content (AvgIpc) is 3.25. The number of hydrogen-bond acceptors (Lipinski definition) is 5. The van der Waals surface area contributed by atoms with E-state index < -0.39 is 41.8 Å². The van der Waals surface area contributed by atoms with E-state index in [1.807, 2.05) is 0 Å². The largest absolute Gasteiger partial charge is 0.494 e. The summed E-state index contributed by atoms with van der Waals surface area (Å²) in [6.45, 7) is 6.46. The molecule has 8 nitrogen and oxygen atoms in total. The van der Waals surface area contributed by atoms with E-state index in [-0.39, 0.29) is 72.0 Å². The molecule has 1 saturated carbocycles. The van der Waals surface area contributed by atoms with E-state index in [0.29, 0.717) is 5.56 Å². The lowest BCUT2D eigenvalue weighted by Gasteiger charge is -2.28. The molecule has 1 aliphatic carbocycles. The summed E-state index contributed by atoms with van der Waals surface area (Å²) in [5.41, 5.74) is 1.29. The Morgan fingerprint density at radius 1 is 1.16 bits per heavy atom. The number of amides is 2. The minimum Gasteiger partial charge on any atom is -0.494 e. The van der Waals surface area contributed by atoms with Gasteiger partial charge >= 0.3 is 6.18 Å². The van der Waals surface area contributed by atoms with Gasteiger partial charge in [-0.15, -0.1) is 0 Å². The first kappa shape index (κ1) is 32.6. The number of hydrogen-bond donors (Lipinski definition) is 1. The van der Waals surface area contributed by atoms with Crippen molar-refractivity contribution >= 4 is 29.2 Å². The molecule has 2 aromatic carbocycles. The zero-order chi connectivity index (χ0) is 32.4. The van der Waals surface area contributed by atoms with Crippen molar-refractivity contribution in [2.45, 2.75) is 64.2 Å². The Labute approximate surface area is 251 Å². The molecule has 236 valence electrons. The summed E-state index contributed by atoms with van der Waals surface area (Å²) >= 11 is 0. The van der Waals surface area contributed by atoms with E-state index >= 15 is 0 Å². The summed E-state index contributed by atoms with van der Waals surface area (Å²) < 4.78 is 79.9. The van der Waals surface area contributed by atoms with Crippen LogP contribution in [0.2, 0.25) is 0 Å². The second kappa shape index (κ2) is 12.7. The molecule has 1 N–H and O–H groups in total. The minimum absolute atomic E-state index is 0.0672. The number of methoxy groups -OCH3 is 1. The molecule has 2 aliphatic rings. The number of halogens is 5. The van der Waals surface area contributed by atoms with Gasteiger partial charge in [0.1, 0.15) is 23.1 Å². The van der Waals surface area contributed by atoms with Crippen LogP contribution in [0.25, 0.3) is 0 Å². The zero-order valence-electron chi connectivity index (χ0n) is 24.7. The van der Waals surface area contributed by atoms with Gasteiger partial charge in [-0.3, -0.25) is 9.59 Å². The molecule has 0 aromatic heterocycles. The lowest BCUT2D eigenvalue weighted by Crippen LogP contribution is -2.40. The van der Waals surface area contributed by atoms with Gasteiger partial charge in [-0.25, -0.2) is 13.8 Å². The number of aliphatic imine (C=N–C) groups is 2. The van der Waals surface area contributed by atoms with E-state index in [2.05, 4.69) is 21.9 Å². The van der Waals surface area contributed by atoms with Crippen molar-refractivity contribution in [3.8, 4) is 11.5 Å². The highest BCUT2D eigenvalue weighted by Gasteiger charge is 2.42. The number of carbonyl (C=O) groups excluding carboxylic acids is 2. The maximum atomic E-state index is 13.9. The number of fused-ring (bicyclic) bond motifs is 1. The van der Waals surface area contributed by atoms with Crippen LogP contribution in [-0.2, 0) is 6.54 Å². The second-order valence-electron chi connectivity index (χ2n) is 11.0. The van der Waals surface area contributed by atoms with Crippen molar-refractivity contribution in [3.63, 3.8) is 0 Å². The first-order valence-corrected chi connectivity index (χ1v) is 13.9. The van der Waals surface area contributed by atoms with Crippen LogP contribution in [0.15, 0.2) is 58.5 Å². The number of nitrogens with one attached hydrogen (secondary N) is 1. The molecule has 1 atom stereocenters. The summed E-state index contributed by atoms with van der Waals surface area (Å²) in [4.78, 5) is 35.4. The Hall–Kier alpha value is -4.29. The lowest BCUT2D eigenvalue weighted by atomic mass is 9.92. The van der Waals surface area contributed by atoms with Gasteiger partial charge in [0, 0.05) is 38.0 Å². The highest BCUT2D eigenvalue weighted by molar-refractivity contribution is 6.07. The van der Waals surface area contributed by atoms with Crippen LogP contribution < -0.4 is 14.8 Å². The van der Waals surface area contributed by atoms with Crippen LogP contribution in [0.4, 0.5) is 27.6 Å². The maximum absolute atomic E-state index is 13.9. The van der Waals surface area contributed by atoms with Crippen molar-refractivity contribution in [2.24, 2.45) is 15.9 Å². The summed E-state index contributed by atoms with van der Waals surface area (Å²) in [5.74, 6) is -6.69. The average molecular weight is 621 g/mol. The molecule has 2 amide bonds. The predicted molar refractivity (Wildman–Crippen MR) is 155 cm³/mol. The number of nitrogens with zero attached hydrogens (tertiary/aromatic N) is 3. The van der Waals surface area contributed by atoms with Crippen molar-refractivity contribution in [1.29, 1.82) is 0 Å². The summed E-state index contributed by atoms with van der Waals surface area (Å²) in [5, 5.41) is 2.75. The summed E-state index contributed by atoms with van der Waals surface area (Å²) in [6, 6.07) is 8.51. The summed E-state index contributed by atoms with van der Waals surface area (Å²) in [7, 11) is 2.90. The highest BCUT2D eigenvalue weighted by atomic mass is 19.4. The Balaban J connectivity index is 1.66. The van der Waals surface area contributed by atoms with Gasteiger partial charge in [0.25, 0.3) is 11.8 Å². The van der Waals surface area contributed by atoms with Gasteiger partial charge in [-0.1, -0.05) is 18.7 Å². The topological polar surface area (TPSA) is 92.6 Å². The Bertz CT molecular complexity index is 1510. The van der Waals surface area contributed by atoms with E-state index in [1.54, 1.807) is 19.2 Å². The Kier molecular flexibility index (Phi) is 9.45. The number of carbonyl (C=O) groups is 2. The third-order valence-electron chi connectivity index (χ3n) is 7.47. The lowest BCUT2D eigenvalue weighted by molar-refractivity contribution is -0.153. The quantitative estimate of drug-likeness (QED) is 0.208. The number of ether oxygens (including phenoxy) is 2. The predicted octanol–water partition coefficient (Wildman–Crippen LogP) is 6.87. The van der Waals surface area contributed by atoms with Crippen LogP contribution in [-0.4, -0.2) is 60.7 Å². The molecule has 1 heterocycles. The standard InChI is InChI=1S/C31H33F5N4O4/c1-17(2)26(38-22-10-9-19(15-24(22)43-5)27(41)37-21-11-13-30(32,33)14-12-21)39-28(18(3)31(34,35)36)44-23-8-6-7-20-16-40(4)29(42)25(20)23/h6-10,15,18,21H,1,11-14,16H2,2-5H3,(H,37,41). The van der Waals surface area contributed by atoms with Crippen LogP contribution in [0.1, 0.15) is 65.8 Å². The molecular formula is C31H33F5N4O4.